The van der Waals surface area contributed by atoms with Crippen molar-refractivity contribution in [1.29, 1.82) is 0 Å². The smallest absolute Gasteiger partial charge is 0.252 e. The van der Waals surface area contributed by atoms with Crippen LogP contribution in [0.4, 0.5) is 4.39 Å². The Morgan fingerprint density at radius 1 is 1.53 bits per heavy atom. The fourth-order valence-corrected chi connectivity index (χ4v) is 1.70. The number of hydrogen-bond donors (Lipinski definition) is 2. The number of halogens is 2. The van der Waals surface area contributed by atoms with Crippen LogP contribution in [-0.4, -0.2) is 21.1 Å². The van der Waals surface area contributed by atoms with Crippen LogP contribution in [0.5, 0.6) is 0 Å². The van der Waals surface area contributed by atoms with Crippen molar-refractivity contribution in [3.8, 4) is 0 Å². The van der Waals surface area contributed by atoms with Crippen LogP contribution in [0.15, 0.2) is 29.0 Å². The predicted molar refractivity (Wildman–Crippen MR) is 61.7 cm³/mol. The molecule has 1 aromatic heterocycles. The zero-order chi connectivity index (χ0) is 12.3. The lowest BCUT2D eigenvalue weighted by Gasteiger charge is -2.05. The number of rotatable bonds is 3. The van der Waals surface area contributed by atoms with Crippen molar-refractivity contribution >= 4 is 21.8 Å². The van der Waals surface area contributed by atoms with Gasteiger partial charge in [0, 0.05) is 0 Å². The van der Waals surface area contributed by atoms with E-state index in [-0.39, 0.29) is 22.5 Å². The number of aromatic amines is 1. The van der Waals surface area contributed by atoms with Crippen molar-refractivity contribution in [3.05, 3.63) is 46.2 Å². The average molecular weight is 299 g/mol. The van der Waals surface area contributed by atoms with Crippen molar-refractivity contribution in [2.45, 2.75) is 6.54 Å². The van der Waals surface area contributed by atoms with Gasteiger partial charge in [-0.2, -0.15) is 5.10 Å². The van der Waals surface area contributed by atoms with Gasteiger partial charge < -0.3 is 5.32 Å². The van der Waals surface area contributed by atoms with Gasteiger partial charge in [0.1, 0.15) is 18.0 Å². The molecule has 2 rings (SSSR count). The third-order valence-electron chi connectivity index (χ3n) is 2.08. The monoisotopic (exact) mass is 298 g/mol. The maximum absolute atomic E-state index is 13.2. The van der Waals surface area contributed by atoms with E-state index in [0.29, 0.717) is 5.82 Å². The minimum absolute atomic E-state index is 0.148. The molecular formula is C10H8BrFN4O. The lowest BCUT2D eigenvalue weighted by molar-refractivity contribution is 0.0948. The number of benzene rings is 1. The highest BCUT2D eigenvalue weighted by Gasteiger charge is 2.12. The first-order valence-electron chi connectivity index (χ1n) is 4.75. The predicted octanol–water partition coefficient (Wildman–Crippen LogP) is 1.64. The molecule has 88 valence electrons. The van der Waals surface area contributed by atoms with Crippen molar-refractivity contribution in [1.82, 2.24) is 20.5 Å². The van der Waals surface area contributed by atoms with Crippen LogP contribution < -0.4 is 5.32 Å². The van der Waals surface area contributed by atoms with E-state index < -0.39 is 5.82 Å². The summed E-state index contributed by atoms with van der Waals surface area (Å²) in [5.41, 5.74) is 0.240. The van der Waals surface area contributed by atoms with E-state index in [2.05, 4.69) is 36.4 Å². The molecule has 0 aliphatic rings. The van der Waals surface area contributed by atoms with Crippen molar-refractivity contribution in [2.24, 2.45) is 0 Å². The molecule has 2 aromatic rings. The van der Waals surface area contributed by atoms with Crippen molar-refractivity contribution < 1.29 is 9.18 Å². The number of nitrogens with one attached hydrogen (secondary N) is 2. The maximum atomic E-state index is 13.2. The Kier molecular flexibility index (Phi) is 3.48. The molecule has 17 heavy (non-hydrogen) atoms. The Morgan fingerprint density at radius 3 is 3.06 bits per heavy atom. The number of nitrogens with zero attached hydrogens (tertiary/aromatic N) is 2. The molecule has 2 N–H and O–H groups in total. The highest BCUT2D eigenvalue weighted by Crippen LogP contribution is 2.20. The Morgan fingerprint density at radius 2 is 2.35 bits per heavy atom. The summed E-state index contributed by atoms with van der Waals surface area (Å²) in [6, 6.07) is 4.28. The van der Waals surface area contributed by atoms with E-state index in [1.807, 2.05) is 0 Å². The Hall–Kier alpha value is -1.76. The fraction of sp³-hybridized carbons (Fsp3) is 0.100. The van der Waals surface area contributed by atoms with Gasteiger partial charge in [0.25, 0.3) is 5.91 Å². The van der Waals surface area contributed by atoms with Gasteiger partial charge >= 0.3 is 0 Å². The minimum atomic E-state index is -0.475. The topological polar surface area (TPSA) is 70.7 Å². The first kappa shape index (κ1) is 11.7. The molecule has 1 heterocycles. The summed E-state index contributed by atoms with van der Waals surface area (Å²) < 4.78 is 13.3. The average Bonchev–Trinajstić information content (AvgIpc) is 2.82. The van der Waals surface area contributed by atoms with Gasteiger partial charge in [0.05, 0.1) is 16.6 Å². The summed E-state index contributed by atoms with van der Waals surface area (Å²) in [6.07, 6.45) is 1.35. The van der Waals surface area contributed by atoms with Gasteiger partial charge in [-0.25, -0.2) is 9.37 Å². The van der Waals surface area contributed by atoms with Crippen molar-refractivity contribution in [3.63, 3.8) is 0 Å². The Balaban J connectivity index is 2.07. The van der Waals surface area contributed by atoms with E-state index in [4.69, 9.17) is 0 Å². The Bertz CT molecular complexity index is 529. The second kappa shape index (κ2) is 5.05. The number of carbonyl (C=O) groups excluding carboxylic acids is 1. The highest BCUT2D eigenvalue weighted by atomic mass is 79.9. The summed E-state index contributed by atoms with van der Waals surface area (Å²) in [4.78, 5) is 15.6. The number of H-pyrrole nitrogens is 1. The molecule has 0 bridgehead atoms. The van der Waals surface area contributed by atoms with Crippen LogP contribution in [0.2, 0.25) is 0 Å². The number of hydrogen-bond acceptors (Lipinski definition) is 3. The van der Waals surface area contributed by atoms with Crippen LogP contribution in [0.3, 0.4) is 0 Å². The van der Waals surface area contributed by atoms with E-state index in [0.717, 1.165) is 0 Å². The largest absolute Gasteiger partial charge is 0.345 e. The number of amides is 1. The molecule has 0 unspecified atom stereocenters. The molecule has 0 saturated carbocycles. The molecule has 0 saturated heterocycles. The van der Waals surface area contributed by atoms with Gasteiger partial charge in [0.2, 0.25) is 0 Å². The molecule has 7 heteroatoms. The summed E-state index contributed by atoms with van der Waals surface area (Å²) >= 11 is 3.03. The second-order valence-corrected chi connectivity index (χ2v) is 4.01. The third-order valence-corrected chi connectivity index (χ3v) is 2.88. The Labute approximate surface area is 105 Å². The van der Waals surface area contributed by atoms with Crippen LogP contribution in [0.1, 0.15) is 16.2 Å². The lowest BCUT2D eigenvalue weighted by Crippen LogP contribution is -2.24. The van der Waals surface area contributed by atoms with Gasteiger partial charge in [-0.3, -0.25) is 9.89 Å². The molecule has 1 aromatic carbocycles. The van der Waals surface area contributed by atoms with E-state index >= 15 is 0 Å². The molecule has 0 spiro atoms. The van der Waals surface area contributed by atoms with Gasteiger partial charge in [-0.05, 0) is 28.1 Å². The number of aromatic nitrogens is 3. The van der Waals surface area contributed by atoms with E-state index in [1.165, 1.54) is 24.5 Å². The summed E-state index contributed by atoms with van der Waals surface area (Å²) in [5.74, 6) is -0.323. The molecule has 0 aliphatic heterocycles. The number of carbonyl (C=O) groups is 1. The quantitative estimate of drug-likeness (QED) is 0.905. The molecule has 5 nitrogen and oxygen atoms in total. The zero-order valence-corrected chi connectivity index (χ0v) is 10.2. The van der Waals surface area contributed by atoms with Crippen LogP contribution in [-0.2, 0) is 6.54 Å². The van der Waals surface area contributed by atoms with E-state index in [9.17, 15) is 9.18 Å². The molecule has 1 amide bonds. The summed E-state index contributed by atoms with van der Waals surface area (Å²) in [7, 11) is 0. The first-order chi connectivity index (χ1) is 8.18. The van der Waals surface area contributed by atoms with Crippen LogP contribution in [0, 0.1) is 5.82 Å². The minimum Gasteiger partial charge on any atom is -0.345 e. The van der Waals surface area contributed by atoms with Crippen molar-refractivity contribution in [2.75, 3.05) is 0 Å². The lowest BCUT2D eigenvalue weighted by atomic mass is 10.2. The van der Waals surface area contributed by atoms with Gasteiger partial charge in [-0.15, -0.1) is 0 Å². The molecule has 0 fully saturated rings. The second-order valence-electron chi connectivity index (χ2n) is 3.22. The van der Waals surface area contributed by atoms with E-state index in [1.54, 1.807) is 0 Å². The first-order valence-corrected chi connectivity index (χ1v) is 5.54. The maximum Gasteiger partial charge on any atom is 0.252 e. The summed E-state index contributed by atoms with van der Waals surface area (Å²) in [6.45, 7) is 0.210. The molecular weight excluding hydrogens is 291 g/mol. The molecule has 0 atom stereocenters. The standard InChI is InChI=1S/C10H8BrFN4O/c11-9-6(2-1-3-7(9)12)10(17)13-4-8-14-5-15-16-8/h1-3,5H,4H2,(H,13,17)(H,14,15,16). The van der Waals surface area contributed by atoms with Gasteiger partial charge in [0.15, 0.2) is 0 Å². The summed E-state index contributed by atoms with van der Waals surface area (Å²) in [5, 5.41) is 8.86. The molecule has 0 aliphatic carbocycles. The third kappa shape index (κ3) is 2.68. The highest BCUT2D eigenvalue weighted by molar-refractivity contribution is 9.10. The van der Waals surface area contributed by atoms with Gasteiger partial charge in [-0.1, -0.05) is 6.07 Å². The fourth-order valence-electron chi connectivity index (χ4n) is 1.25. The SMILES string of the molecule is O=C(NCc1ncn[nH]1)c1cccc(F)c1Br. The normalized spacial score (nSPS) is 10.2. The molecule has 0 radical (unpaired) electrons. The van der Waals surface area contributed by atoms with Crippen LogP contribution in [0.25, 0.3) is 0 Å². The van der Waals surface area contributed by atoms with Crippen LogP contribution >= 0.6 is 15.9 Å². The zero-order valence-electron chi connectivity index (χ0n) is 8.58.